The molecule has 0 saturated carbocycles. The molecule has 1 atom stereocenters. The first kappa shape index (κ1) is 21.0. The number of amides is 2. The monoisotopic (exact) mass is 422 g/mol. The zero-order valence-corrected chi connectivity index (χ0v) is 17.3. The highest BCUT2D eigenvalue weighted by atomic mass is 16.2. The van der Waals surface area contributed by atoms with Crippen LogP contribution in [0.2, 0.25) is 0 Å². The molecule has 4 aromatic rings. The van der Waals surface area contributed by atoms with E-state index >= 15 is 0 Å². The Hall–Kier alpha value is -4.25. The van der Waals surface area contributed by atoms with Gasteiger partial charge in [-0.2, -0.15) is 0 Å². The van der Waals surface area contributed by atoms with Crippen LogP contribution >= 0.6 is 0 Å². The van der Waals surface area contributed by atoms with Crippen molar-refractivity contribution >= 4 is 28.4 Å². The minimum atomic E-state index is -0.878. The smallest absolute Gasteiger partial charge is 0.252 e. The molecular formula is C27H22N2O3. The highest BCUT2D eigenvalue weighted by Crippen LogP contribution is 2.19. The van der Waals surface area contributed by atoms with E-state index in [2.05, 4.69) is 5.32 Å². The largest absolute Gasteiger partial charge is 0.368 e. The van der Waals surface area contributed by atoms with Crippen LogP contribution in [0.5, 0.6) is 0 Å². The zero-order valence-electron chi connectivity index (χ0n) is 17.3. The second-order valence-electron chi connectivity index (χ2n) is 7.55. The fourth-order valence-electron chi connectivity index (χ4n) is 3.67. The summed E-state index contributed by atoms with van der Waals surface area (Å²) >= 11 is 0. The maximum atomic E-state index is 12.9. The highest BCUT2D eigenvalue weighted by molar-refractivity contribution is 6.09. The first-order chi connectivity index (χ1) is 15.5. The molecule has 0 aliphatic carbocycles. The summed E-state index contributed by atoms with van der Waals surface area (Å²) in [5, 5.41) is 4.50. The van der Waals surface area contributed by atoms with E-state index in [1.807, 2.05) is 48.5 Å². The SMILES string of the molecule is NC(=O)[C@@H](Cc1ccc(C(=O)c2ccccc2)cc1)NC(=O)c1cccc2ccccc12. The van der Waals surface area contributed by atoms with Crippen LogP contribution in [0.25, 0.3) is 10.8 Å². The molecule has 0 bridgehead atoms. The Kier molecular flexibility index (Phi) is 6.08. The molecule has 2 amide bonds. The lowest BCUT2D eigenvalue weighted by molar-refractivity contribution is -0.119. The van der Waals surface area contributed by atoms with E-state index in [9.17, 15) is 14.4 Å². The van der Waals surface area contributed by atoms with Gasteiger partial charge in [0, 0.05) is 23.1 Å². The lowest BCUT2D eigenvalue weighted by atomic mass is 9.99. The van der Waals surface area contributed by atoms with E-state index in [1.54, 1.807) is 48.5 Å². The molecule has 4 rings (SSSR count). The number of carbonyl (C=O) groups is 3. The van der Waals surface area contributed by atoms with Crippen molar-refractivity contribution in [3.63, 3.8) is 0 Å². The minimum absolute atomic E-state index is 0.0761. The van der Waals surface area contributed by atoms with Crippen LogP contribution in [0.3, 0.4) is 0 Å². The standard InChI is InChI=1S/C27H22N2O3/c28-26(31)24(29-27(32)23-12-6-10-19-7-4-5-11-22(19)23)17-18-13-15-21(16-14-18)25(30)20-8-2-1-3-9-20/h1-16,24H,17H2,(H2,28,31)(H,29,32)/t24-/m1/s1. The maximum absolute atomic E-state index is 12.9. The molecule has 4 aromatic carbocycles. The normalized spacial score (nSPS) is 11.6. The first-order valence-electron chi connectivity index (χ1n) is 10.3. The van der Waals surface area contributed by atoms with Crippen molar-refractivity contribution in [2.45, 2.75) is 12.5 Å². The van der Waals surface area contributed by atoms with Gasteiger partial charge in [-0.3, -0.25) is 14.4 Å². The molecular weight excluding hydrogens is 400 g/mol. The van der Waals surface area contributed by atoms with Gasteiger partial charge in [0.2, 0.25) is 5.91 Å². The lowest BCUT2D eigenvalue weighted by Crippen LogP contribution is -2.45. The van der Waals surface area contributed by atoms with Gasteiger partial charge in [0.1, 0.15) is 6.04 Å². The second-order valence-corrected chi connectivity index (χ2v) is 7.55. The Bertz CT molecular complexity index is 1280. The number of rotatable bonds is 7. The Morgan fingerprint density at radius 3 is 2.06 bits per heavy atom. The summed E-state index contributed by atoms with van der Waals surface area (Å²) in [5.41, 5.74) is 8.00. The Balaban J connectivity index is 1.49. The van der Waals surface area contributed by atoms with Crippen molar-refractivity contribution in [3.8, 4) is 0 Å². The summed E-state index contributed by atoms with van der Waals surface area (Å²) in [6, 6.07) is 28.1. The number of nitrogens with one attached hydrogen (secondary N) is 1. The number of primary amides is 1. The molecule has 0 aliphatic heterocycles. The van der Waals surface area contributed by atoms with Crippen molar-refractivity contribution in [3.05, 3.63) is 119 Å². The molecule has 3 N–H and O–H groups in total. The van der Waals surface area contributed by atoms with Crippen molar-refractivity contribution in [2.24, 2.45) is 5.73 Å². The average Bonchev–Trinajstić information content (AvgIpc) is 2.83. The molecule has 32 heavy (non-hydrogen) atoms. The van der Waals surface area contributed by atoms with Crippen LogP contribution < -0.4 is 11.1 Å². The van der Waals surface area contributed by atoms with Crippen LogP contribution in [0.1, 0.15) is 31.8 Å². The van der Waals surface area contributed by atoms with Crippen molar-refractivity contribution < 1.29 is 14.4 Å². The predicted molar refractivity (Wildman–Crippen MR) is 124 cm³/mol. The van der Waals surface area contributed by atoms with Gasteiger partial charge in [0.25, 0.3) is 5.91 Å². The van der Waals surface area contributed by atoms with Gasteiger partial charge in [0.05, 0.1) is 0 Å². The molecule has 158 valence electrons. The van der Waals surface area contributed by atoms with Crippen LogP contribution in [0.15, 0.2) is 97.1 Å². The van der Waals surface area contributed by atoms with Crippen molar-refractivity contribution in [1.82, 2.24) is 5.32 Å². The zero-order chi connectivity index (χ0) is 22.5. The average molecular weight is 422 g/mol. The third-order valence-electron chi connectivity index (χ3n) is 5.37. The quantitative estimate of drug-likeness (QED) is 0.443. The molecule has 5 heteroatoms. The van der Waals surface area contributed by atoms with Gasteiger partial charge in [-0.05, 0) is 22.4 Å². The molecule has 0 aromatic heterocycles. The number of hydrogen-bond donors (Lipinski definition) is 2. The maximum Gasteiger partial charge on any atom is 0.252 e. The van der Waals surface area contributed by atoms with Crippen LogP contribution in [0.4, 0.5) is 0 Å². The molecule has 0 fully saturated rings. The summed E-state index contributed by atoms with van der Waals surface area (Å²) in [4.78, 5) is 37.5. The number of nitrogens with two attached hydrogens (primary N) is 1. The lowest BCUT2D eigenvalue weighted by Gasteiger charge is -2.17. The molecule has 0 saturated heterocycles. The second kappa shape index (κ2) is 9.27. The molecule has 0 spiro atoms. The van der Waals surface area contributed by atoms with E-state index in [4.69, 9.17) is 5.73 Å². The number of benzene rings is 4. The van der Waals surface area contributed by atoms with E-state index in [-0.39, 0.29) is 18.1 Å². The Morgan fingerprint density at radius 2 is 1.34 bits per heavy atom. The van der Waals surface area contributed by atoms with E-state index in [0.29, 0.717) is 16.7 Å². The number of fused-ring (bicyclic) bond motifs is 1. The van der Waals surface area contributed by atoms with E-state index < -0.39 is 11.9 Å². The first-order valence-corrected chi connectivity index (χ1v) is 10.3. The molecule has 0 heterocycles. The molecule has 0 unspecified atom stereocenters. The van der Waals surface area contributed by atoms with Gasteiger partial charge in [0.15, 0.2) is 5.78 Å². The summed E-state index contributed by atoms with van der Waals surface area (Å²) in [6.07, 6.45) is 0.228. The topological polar surface area (TPSA) is 89.3 Å². The summed E-state index contributed by atoms with van der Waals surface area (Å²) in [6.45, 7) is 0. The fourth-order valence-corrected chi connectivity index (χ4v) is 3.67. The third kappa shape index (κ3) is 4.57. The van der Waals surface area contributed by atoms with E-state index in [1.165, 1.54) is 0 Å². The van der Waals surface area contributed by atoms with Crippen LogP contribution in [-0.4, -0.2) is 23.6 Å². The summed E-state index contributed by atoms with van der Waals surface area (Å²) in [5.74, 6) is -1.06. The molecule has 0 aliphatic rings. The van der Waals surface area contributed by atoms with Crippen LogP contribution in [0, 0.1) is 0 Å². The summed E-state index contributed by atoms with van der Waals surface area (Å²) in [7, 11) is 0. The molecule has 5 nitrogen and oxygen atoms in total. The van der Waals surface area contributed by atoms with Gasteiger partial charge >= 0.3 is 0 Å². The predicted octanol–water partition coefficient (Wildman–Crippen LogP) is 3.90. The Morgan fingerprint density at radius 1 is 0.719 bits per heavy atom. The van der Waals surface area contributed by atoms with Crippen molar-refractivity contribution in [2.75, 3.05) is 0 Å². The fraction of sp³-hybridized carbons (Fsp3) is 0.0741. The number of carbonyl (C=O) groups excluding carboxylic acids is 3. The van der Waals surface area contributed by atoms with Gasteiger partial charge < -0.3 is 11.1 Å². The Labute approximate surface area is 185 Å². The van der Waals surface area contributed by atoms with Crippen molar-refractivity contribution in [1.29, 1.82) is 0 Å². The van der Waals surface area contributed by atoms with Gasteiger partial charge in [-0.1, -0.05) is 91.0 Å². The van der Waals surface area contributed by atoms with E-state index in [0.717, 1.165) is 16.3 Å². The van der Waals surface area contributed by atoms with Gasteiger partial charge in [-0.15, -0.1) is 0 Å². The summed E-state index contributed by atoms with van der Waals surface area (Å²) < 4.78 is 0. The highest BCUT2D eigenvalue weighted by Gasteiger charge is 2.21. The minimum Gasteiger partial charge on any atom is -0.368 e. The third-order valence-corrected chi connectivity index (χ3v) is 5.37. The number of hydrogen-bond acceptors (Lipinski definition) is 3. The molecule has 0 radical (unpaired) electrons. The van der Waals surface area contributed by atoms with Crippen LogP contribution in [-0.2, 0) is 11.2 Å². The number of ketones is 1. The van der Waals surface area contributed by atoms with Gasteiger partial charge in [-0.25, -0.2) is 0 Å².